The number of carbonyl (C=O) groups is 1. The number of nitrogens with zero attached hydrogens (tertiary/aromatic N) is 1. The van der Waals surface area contributed by atoms with Crippen molar-refractivity contribution in [1.29, 1.82) is 0 Å². The first-order valence-electron chi connectivity index (χ1n) is 11.2. The van der Waals surface area contributed by atoms with E-state index in [0.29, 0.717) is 24.0 Å². The predicted molar refractivity (Wildman–Crippen MR) is 127 cm³/mol. The smallest absolute Gasteiger partial charge is 0.416 e. The molecule has 0 aliphatic carbocycles. The van der Waals surface area contributed by atoms with Gasteiger partial charge in [0, 0.05) is 22.8 Å². The fourth-order valence-electron chi connectivity index (χ4n) is 3.85. The molecule has 4 aromatic rings. The average Bonchev–Trinajstić information content (AvgIpc) is 3.27. The highest BCUT2D eigenvalue weighted by molar-refractivity contribution is 5.98. The molecule has 1 amide bonds. The van der Waals surface area contributed by atoms with Crippen LogP contribution >= 0.6 is 0 Å². The fourth-order valence-corrected chi connectivity index (χ4v) is 3.85. The number of anilines is 1. The van der Waals surface area contributed by atoms with Crippen LogP contribution in [0.25, 0.3) is 22.7 Å². The Morgan fingerprint density at radius 2 is 1.72 bits per heavy atom. The average molecular weight is 498 g/mol. The lowest BCUT2D eigenvalue weighted by Gasteiger charge is -2.17. The molecule has 0 saturated carbocycles. The largest absolute Gasteiger partial charge is 0.508 e. The van der Waals surface area contributed by atoms with E-state index in [0.717, 1.165) is 24.3 Å². The third-order valence-electron chi connectivity index (χ3n) is 5.63. The number of rotatable bonds is 7. The van der Waals surface area contributed by atoms with E-state index in [1.807, 2.05) is 6.92 Å². The van der Waals surface area contributed by atoms with Crippen molar-refractivity contribution in [3.63, 3.8) is 0 Å². The van der Waals surface area contributed by atoms with Crippen molar-refractivity contribution in [3.05, 3.63) is 89.7 Å². The highest BCUT2D eigenvalue weighted by atomic mass is 19.4. The summed E-state index contributed by atoms with van der Waals surface area (Å²) in [7, 11) is 0. The first-order valence-corrected chi connectivity index (χ1v) is 11.2. The van der Waals surface area contributed by atoms with Gasteiger partial charge >= 0.3 is 6.18 Å². The molecule has 1 aromatic heterocycles. The van der Waals surface area contributed by atoms with Gasteiger partial charge in [-0.05, 0) is 36.8 Å². The number of hydrogen-bond donors (Lipinski definition) is 2. The van der Waals surface area contributed by atoms with Gasteiger partial charge in [0.2, 0.25) is 17.7 Å². The van der Waals surface area contributed by atoms with Crippen LogP contribution in [0.5, 0.6) is 5.75 Å². The Morgan fingerprint density at radius 1 is 1.03 bits per heavy atom. The maximum atomic E-state index is 13.5. The van der Waals surface area contributed by atoms with E-state index in [9.17, 15) is 27.5 Å². The SMILES string of the molecule is CCCC(C(=O)Nc1oc(-c2ccccc2)nc1-c1ccc(C(F)(F)F)cc1)c1ccc(F)cc1O. The zero-order chi connectivity index (χ0) is 25.9. The van der Waals surface area contributed by atoms with Gasteiger partial charge in [-0.2, -0.15) is 13.2 Å². The summed E-state index contributed by atoms with van der Waals surface area (Å²) >= 11 is 0. The Hall–Kier alpha value is -4.14. The Labute approximate surface area is 204 Å². The molecule has 36 heavy (non-hydrogen) atoms. The predicted octanol–water partition coefficient (Wildman–Crippen LogP) is 7.39. The summed E-state index contributed by atoms with van der Waals surface area (Å²) in [5, 5.41) is 12.9. The topological polar surface area (TPSA) is 75.4 Å². The summed E-state index contributed by atoms with van der Waals surface area (Å²) in [5.41, 5.74) is 0.482. The third kappa shape index (κ3) is 5.40. The second-order valence-corrected chi connectivity index (χ2v) is 8.17. The van der Waals surface area contributed by atoms with Crippen molar-refractivity contribution in [2.75, 3.05) is 5.32 Å². The number of hydrogen-bond acceptors (Lipinski definition) is 4. The molecule has 186 valence electrons. The normalized spacial score (nSPS) is 12.4. The molecule has 1 heterocycles. The molecular weight excluding hydrogens is 476 g/mol. The van der Waals surface area contributed by atoms with Gasteiger partial charge in [0.25, 0.3) is 0 Å². The van der Waals surface area contributed by atoms with Gasteiger partial charge in [0.15, 0.2) is 0 Å². The molecule has 0 aliphatic heterocycles. The standard InChI is InChI=1S/C27H22F4N2O3/c1-2-6-21(20-14-13-19(28)15-22(20)34)24(35)33-26-23(16-9-11-18(12-10-16)27(29,30)31)32-25(36-26)17-7-4-3-5-8-17/h3-5,7-15,21,34H,2,6H2,1H3,(H,33,35). The summed E-state index contributed by atoms with van der Waals surface area (Å²) in [6, 6.07) is 16.6. The maximum Gasteiger partial charge on any atom is 0.416 e. The maximum absolute atomic E-state index is 13.5. The number of alkyl halides is 3. The van der Waals surface area contributed by atoms with E-state index in [1.54, 1.807) is 30.3 Å². The number of halogens is 4. The number of benzene rings is 3. The van der Waals surface area contributed by atoms with Gasteiger partial charge in [-0.25, -0.2) is 9.37 Å². The van der Waals surface area contributed by atoms with Crippen LogP contribution < -0.4 is 5.32 Å². The Bertz CT molecular complexity index is 1350. The minimum absolute atomic E-state index is 0.0543. The first kappa shape index (κ1) is 25.0. The molecule has 0 radical (unpaired) electrons. The Kier molecular flexibility index (Phi) is 7.10. The quantitative estimate of drug-likeness (QED) is 0.261. The lowest BCUT2D eigenvalue weighted by Crippen LogP contribution is -2.21. The van der Waals surface area contributed by atoms with E-state index in [1.165, 1.54) is 18.2 Å². The zero-order valence-electron chi connectivity index (χ0n) is 19.1. The number of carbonyl (C=O) groups excluding carboxylic acids is 1. The van der Waals surface area contributed by atoms with Crippen LogP contribution in [0.3, 0.4) is 0 Å². The minimum atomic E-state index is -4.50. The van der Waals surface area contributed by atoms with Gasteiger partial charge in [-0.3, -0.25) is 10.1 Å². The van der Waals surface area contributed by atoms with E-state index < -0.39 is 29.4 Å². The zero-order valence-corrected chi connectivity index (χ0v) is 19.1. The number of nitrogens with one attached hydrogen (secondary N) is 1. The van der Waals surface area contributed by atoms with E-state index in [-0.39, 0.29) is 28.8 Å². The molecule has 3 aromatic carbocycles. The molecule has 1 atom stereocenters. The van der Waals surface area contributed by atoms with Crippen LogP contribution in [0.15, 0.2) is 77.2 Å². The van der Waals surface area contributed by atoms with Crippen molar-refractivity contribution < 1.29 is 31.9 Å². The highest BCUT2D eigenvalue weighted by Crippen LogP contribution is 2.37. The van der Waals surface area contributed by atoms with E-state index >= 15 is 0 Å². The van der Waals surface area contributed by atoms with Crippen LogP contribution in [0.1, 0.15) is 36.8 Å². The molecule has 9 heteroatoms. The van der Waals surface area contributed by atoms with Gasteiger partial charge in [0.1, 0.15) is 17.3 Å². The van der Waals surface area contributed by atoms with Crippen molar-refractivity contribution in [2.45, 2.75) is 31.9 Å². The summed E-state index contributed by atoms with van der Waals surface area (Å²) in [5.74, 6) is -2.25. The fraction of sp³-hybridized carbons (Fsp3) is 0.185. The van der Waals surface area contributed by atoms with Crippen molar-refractivity contribution in [2.24, 2.45) is 0 Å². The summed E-state index contributed by atoms with van der Waals surface area (Å²) in [4.78, 5) is 17.7. The van der Waals surface area contributed by atoms with Gasteiger partial charge < -0.3 is 9.52 Å². The molecule has 5 nitrogen and oxygen atoms in total. The summed E-state index contributed by atoms with van der Waals surface area (Å²) < 4.78 is 58.5. The van der Waals surface area contributed by atoms with Crippen LogP contribution in [-0.4, -0.2) is 16.0 Å². The van der Waals surface area contributed by atoms with Crippen LogP contribution in [0.4, 0.5) is 23.4 Å². The van der Waals surface area contributed by atoms with Crippen LogP contribution in [0, 0.1) is 5.82 Å². The first-order chi connectivity index (χ1) is 17.2. The second-order valence-electron chi connectivity index (χ2n) is 8.17. The summed E-state index contributed by atoms with van der Waals surface area (Å²) in [6.07, 6.45) is -3.56. The monoisotopic (exact) mass is 498 g/mol. The van der Waals surface area contributed by atoms with Crippen molar-refractivity contribution in [1.82, 2.24) is 4.98 Å². The van der Waals surface area contributed by atoms with Crippen molar-refractivity contribution in [3.8, 4) is 28.5 Å². The number of phenols is 1. The lowest BCUT2D eigenvalue weighted by molar-refractivity contribution is -0.137. The molecule has 0 bridgehead atoms. The molecule has 2 N–H and O–H groups in total. The lowest BCUT2D eigenvalue weighted by atomic mass is 9.92. The van der Waals surface area contributed by atoms with Gasteiger partial charge in [-0.15, -0.1) is 0 Å². The van der Waals surface area contributed by atoms with E-state index in [4.69, 9.17) is 4.42 Å². The number of aromatic hydroxyl groups is 1. The molecule has 0 spiro atoms. The van der Waals surface area contributed by atoms with Crippen LogP contribution in [-0.2, 0) is 11.0 Å². The third-order valence-corrected chi connectivity index (χ3v) is 5.63. The number of aromatic nitrogens is 1. The molecule has 0 saturated heterocycles. The Morgan fingerprint density at radius 3 is 2.33 bits per heavy atom. The minimum Gasteiger partial charge on any atom is -0.508 e. The highest BCUT2D eigenvalue weighted by Gasteiger charge is 2.31. The van der Waals surface area contributed by atoms with E-state index in [2.05, 4.69) is 10.3 Å². The molecular formula is C27H22F4N2O3. The molecule has 0 aliphatic rings. The van der Waals surface area contributed by atoms with Gasteiger partial charge in [-0.1, -0.05) is 49.7 Å². The number of phenolic OH excluding ortho intramolecular Hbond substituents is 1. The molecule has 4 rings (SSSR count). The van der Waals surface area contributed by atoms with Crippen LogP contribution in [0.2, 0.25) is 0 Å². The Balaban J connectivity index is 1.73. The molecule has 1 unspecified atom stereocenters. The number of oxazole rings is 1. The van der Waals surface area contributed by atoms with Crippen molar-refractivity contribution >= 4 is 11.8 Å². The molecule has 0 fully saturated rings. The summed E-state index contributed by atoms with van der Waals surface area (Å²) in [6.45, 7) is 1.86. The second kappa shape index (κ2) is 10.2. The number of amides is 1. The van der Waals surface area contributed by atoms with Gasteiger partial charge in [0.05, 0.1) is 11.5 Å².